The van der Waals surface area contributed by atoms with Crippen LogP contribution in [-0.4, -0.2) is 4.98 Å². The molecule has 0 saturated heterocycles. The van der Waals surface area contributed by atoms with Gasteiger partial charge in [-0.05, 0) is 36.2 Å². The van der Waals surface area contributed by atoms with Gasteiger partial charge in [-0.3, -0.25) is 0 Å². The van der Waals surface area contributed by atoms with Crippen molar-refractivity contribution < 1.29 is 0 Å². The van der Waals surface area contributed by atoms with Gasteiger partial charge >= 0.3 is 0 Å². The fraction of sp³-hybridized carbons (Fsp3) is 0.133. The molecule has 0 radical (unpaired) electrons. The molecule has 2 aromatic carbocycles. The lowest BCUT2D eigenvalue weighted by molar-refractivity contribution is 0.949. The zero-order valence-electron chi connectivity index (χ0n) is 9.77. The van der Waals surface area contributed by atoms with E-state index < -0.39 is 0 Å². The van der Waals surface area contributed by atoms with E-state index in [1.54, 1.807) is 11.3 Å². The Labute approximate surface area is 115 Å². The monoisotopic (exact) mass is 273 g/mol. The van der Waals surface area contributed by atoms with Gasteiger partial charge in [-0.1, -0.05) is 35.9 Å². The maximum Gasteiger partial charge on any atom is 0.0941 e. The molecular weight excluding hydrogens is 262 g/mol. The molecule has 0 spiro atoms. The number of hydrogen-bond acceptors (Lipinski definition) is 2. The number of halogens is 1. The first-order valence-corrected chi connectivity index (χ1v) is 7.09. The fourth-order valence-corrected chi connectivity index (χ4v) is 3.02. The van der Waals surface area contributed by atoms with E-state index in [-0.39, 0.29) is 0 Å². The van der Waals surface area contributed by atoms with Gasteiger partial charge in [-0.15, -0.1) is 11.3 Å². The zero-order valence-corrected chi connectivity index (χ0v) is 11.3. The summed E-state index contributed by atoms with van der Waals surface area (Å²) in [4.78, 5) is 4.64. The molecule has 0 fully saturated rings. The first kappa shape index (κ1) is 11.7. The quantitative estimate of drug-likeness (QED) is 0.672. The summed E-state index contributed by atoms with van der Waals surface area (Å²) < 4.78 is 1.27. The van der Waals surface area contributed by atoms with Crippen LogP contribution >= 0.6 is 22.9 Å². The van der Waals surface area contributed by atoms with E-state index in [0.29, 0.717) is 0 Å². The third-order valence-electron chi connectivity index (χ3n) is 2.88. The van der Waals surface area contributed by atoms with Crippen LogP contribution in [0.1, 0.15) is 10.6 Å². The maximum absolute atomic E-state index is 5.87. The number of aromatic nitrogens is 1. The smallest absolute Gasteiger partial charge is 0.0941 e. The molecule has 3 heteroatoms. The highest BCUT2D eigenvalue weighted by Gasteiger charge is 2.03. The van der Waals surface area contributed by atoms with E-state index in [0.717, 1.165) is 23.4 Å². The van der Waals surface area contributed by atoms with Crippen molar-refractivity contribution in [3.63, 3.8) is 0 Å². The average Bonchev–Trinajstić information content (AvgIpc) is 2.81. The third-order valence-corrected chi connectivity index (χ3v) is 4.23. The molecule has 0 aliphatic rings. The van der Waals surface area contributed by atoms with Gasteiger partial charge in [0, 0.05) is 11.4 Å². The number of para-hydroxylation sites is 1. The van der Waals surface area contributed by atoms with Crippen molar-refractivity contribution in [1.82, 2.24) is 4.98 Å². The van der Waals surface area contributed by atoms with Crippen molar-refractivity contribution in [2.75, 3.05) is 0 Å². The number of hydrogen-bond donors (Lipinski definition) is 0. The summed E-state index contributed by atoms with van der Waals surface area (Å²) in [5.74, 6) is 0. The SMILES string of the molecule is Clc1ccc(CCc2nc3ccccc3s2)cc1. The number of aryl methyl sites for hydroxylation is 2. The van der Waals surface area contributed by atoms with Gasteiger partial charge in [0.15, 0.2) is 0 Å². The van der Waals surface area contributed by atoms with Crippen LogP contribution in [0.4, 0.5) is 0 Å². The van der Waals surface area contributed by atoms with Crippen LogP contribution in [0.25, 0.3) is 10.2 Å². The number of benzene rings is 2. The minimum Gasteiger partial charge on any atom is -0.241 e. The summed E-state index contributed by atoms with van der Waals surface area (Å²) in [7, 11) is 0. The van der Waals surface area contributed by atoms with Crippen molar-refractivity contribution in [1.29, 1.82) is 0 Å². The lowest BCUT2D eigenvalue weighted by atomic mass is 10.1. The molecule has 90 valence electrons. The fourth-order valence-electron chi connectivity index (χ4n) is 1.93. The third kappa shape index (κ3) is 2.55. The average molecular weight is 274 g/mol. The molecule has 1 heterocycles. The second kappa shape index (κ2) is 5.09. The van der Waals surface area contributed by atoms with E-state index in [2.05, 4.69) is 35.3 Å². The molecule has 3 rings (SSSR count). The molecule has 0 amide bonds. The Bertz CT molecular complexity index is 625. The molecule has 1 nitrogen and oxygen atoms in total. The molecule has 0 aliphatic heterocycles. The molecule has 0 N–H and O–H groups in total. The van der Waals surface area contributed by atoms with Gasteiger partial charge in [0.25, 0.3) is 0 Å². The maximum atomic E-state index is 5.87. The largest absolute Gasteiger partial charge is 0.241 e. The predicted octanol–water partition coefficient (Wildman–Crippen LogP) is 4.73. The Hall–Kier alpha value is -1.38. The summed E-state index contributed by atoms with van der Waals surface area (Å²) in [5, 5.41) is 1.99. The van der Waals surface area contributed by atoms with Crippen molar-refractivity contribution >= 4 is 33.2 Å². The highest BCUT2D eigenvalue weighted by molar-refractivity contribution is 7.18. The zero-order chi connectivity index (χ0) is 12.4. The first-order valence-electron chi connectivity index (χ1n) is 5.90. The van der Waals surface area contributed by atoms with E-state index in [4.69, 9.17) is 11.6 Å². The standard InChI is InChI=1S/C15H12ClNS/c16-12-8-5-11(6-9-12)7-10-15-17-13-3-1-2-4-14(13)18-15/h1-6,8-9H,7,10H2. The van der Waals surface area contributed by atoms with Crippen LogP contribution in [0, 0.1) is 0 Å². The number of fused-ring (bicyclic) bond motifs is 1. The topological polar surface area (TPSA) is 12.9 Å². The minimum absolute atomic E-state index is 0.790. The van der Waals surface area contributed by atoms with E-state index in [1.807, 2.05) is 18.2 Å². The number of nitrogens with zero attached hydrogens (tertiary/aromatic N) is 1. The van der Waals surface area contributed by atoms with Crippen molar-refractivity contribution in [3.05, 3.63) is 64.1 Å². The Balaban J connectivity index is 1.74. The van der Waals surface area contributed by atoms with Crippen molar-refractivity contribution in [2.24, 2.45) is 0 Å². The molecule has 18 heavy (non-hydrogen) atoms. The molecule has 3 aromatic rings. The van der Waals surface area contributed by atoms with Crippen LogP contribution < -0.4 is 0 Å². The number of thiazole rings is 1. The van der Waals surface area contributed by atoms with Gasteiger partial charge in [0.1, 0.15) is 0 Å². The van der Waals surface area contributed by atoms with Gasteiger partial charge in [-0.2, -0.15) is 0 Å². The Morgan fingerprint density at radius 3 is 2.50 bits per heavy atom. The lowest BCUT2D eigenvalue weighted by Crippen LogP contribution is -1.89. The van der Waals surface area contributed by atoms with E-state index in [9.17, 15) is 0 Å². The van der Waals surface area contributed by atoms with Crippen molar-refractivity contribution in [2.45, 2.75) is 12.8 Å². The second-order valence-corrected chi connectivity index (χ2v) is 5.75. The van der Waals surface area contributed by atoms with Crippen LogP contribution in [0.15, 0.2) is 48.5 Å². The summed E-state index contributed by atoms with van der Waals surface area (Å²) in [5.41, 5.74) is 2.41. The molecule has 0 saturated carbocycles. The van der Waals surface area contributed by atoms with Crippen LogP contribution in [0.3, 0.4) is 0 Å². The Morgan fingerprint density at radius 1 is 0.944 bits per heavy atom. The van der Waals surface area contributed by atoms with E-state index >= 15 is 0 Å². The van der Waals surface area contributed by atoms with E-state index in [1.165, 1.54) is 15.3 Å². The number of rotatable bonds is 3. The predicted molar refractivity (Wildman–Crippen MR) is 78.5 cm³/mol. The molecule has 0 aliphatic carbocycles. The molecule has 0 bridgehead atoms. The van der Waals surface area contributed by atoms with Gasteiger partial charge < -0.3 is 0 Å². The summed E-state index contributed by atoms with van der Waals surface area (Å²) >= 11 is 7.65. The van der Waals surface area contributed by atoms with Crippen LogP contribution in [-0.2, 0) is 12.8 Å². The van der Waals surface area contributed by atoms with Gasteiger partial charge in [-0.25, -0.2) is 4.98 Å². The summed E-state index contributed by atoms with van der Waals surface area (Å²) in [6.07, 6.45) is 2.00. The van der Waals surface area contributed by atoms with Gasteiger partial charge in [0.2, 0.25) is 0 Å². The Kier molecular flexibility index (Phi) is 3.31. The van der Waals surface area contributed by atoms with Crippen molar-refractivity contribution in [3.8, 4) is 0 Å². The van der Waals surface area contributed by atoms with Gasteiger partial charge in [0.05, 0.1) is 15.2 Å². The lowest BCUT2D eigenvalue weighted by Gasteiger charge is -1.98. The van der Waals surface area contributed by atoms with Crippen LogP contribution in [0.2, 0.25) is 5.02 Å². The molecule has 1 aromatic heterocycles. The molecular formula is C15H12ClNS. The molecule has 0 atom stereocenters. The normalized spacial score (nSPS) is 10.9. The Morgan fingerprint density at radius 2 is 1.72 bits per heavy atom. The first-order chi connectivity index (χ1) is 8.81. The van der Waals surface area contributed by atoms with Crippen LogP contribution in [0.5, 0.6) is 0 Å². The summed E-state index contributed by atoms with van der Waals surface area (Å²) in [6, 6.07) is 16.3. The highest BCUT2D eigenvalue weighted by atomic mass is 35.5. The highest BCUT2D eigenvalue weighted by Crippen LogP contribution is 2.22. The summed E-state index contributed by atoms with van der Waals surface area (Å²) in [6.45, 7) is 0. The second-order valence-electron chi connectivity index (χ2n) is 4.20. The molecule has 0 unspecified atom stereocenters. The minimum atomic E-state index is 0.790.